The fourth-order valence-electron chi connectivity index (χ4n) is 2.85. The molecule has 1 aliphatic carbocycles. The van der Waals surface area contributed by atoms with Crippen molar-refractivity contribution in [2.45, 2.75) is 0 Å². The van der Waals surface area contributed by atoms with Gasteiger partial charge in [0.2, 0.25) is 0 Å². The number of allylic oxidation sites excluding steroid dienone is 3. The summed E-state index contributed by atoms with van der Waals surface area (Å²) in [7, 11) is 0. The normalized spacial score (nSPS) is 24.6. The molecular formula is C14H10BF2N2. The average Bonchev–Trinajstić information content (AvgIpc) is 3.11. The fourth-order valence-corrected chi connectivity index (χ4v) is 2.85. The number of rotatable bonds is 1. The number of halogens is 2. The quantitative estimate of drug-likeness (QED) is 0.681. The Bertz CT molecular complexity index is 634. The summed E-state index contributed by atoms with van der Waals surface area (Å²) in [5, 5.41) is 0. The van der Waals surface area contributed by atoms with Crippen LogP contribution >= 0.6 is 0 Å². The molecule has 1 aromatic heterocycles. The first kappa shape index (κ1) is 11.2. The molecule has 2 aliphatic heterocycles. The van der Waals surface area contributed by atoms with E-state index in [1.54, 1.807) is 24.3 Å². The first-order valence-electron chi connectivity index (χ1n) is 6.15. The van der Waals surface area contributed by atoms with Crippen LogP contribution in [0.4, 0.5) is 8.63 Å². The Labute approximate surface area is 110 Å². The van der Waals surface area contributed by atoms with Crippen LogP contribution in [-0.4, -0.2) is 22.1 Å². The van der Waals surface area contributed by atoms with Crippen LogP contribution in [0.15, 0.2) is 36.2 Å². The minimum atomic E-state index is -3.79. The molecule has 0 atom stereocenters. The summed E-state index contributed by atoms with van der Waals surface area (Å²) >= 11 is 0. The molecule has 0 aromatic carbocycles. The van der Waals surface area contributed by atoms with Gasteiger partial charge in [0, 0.05) is 29.3 Å². The van der Waals surface area contributed by atoms with Crippen LogP contribution in [0.3, 0.4) is 0 Å². The number of hydrogen-bond donors (Lipinski definition) is 0. The van der Waals surface area contributed by atoms with Gasteiger partial charge in [-0.3, -0.25) is 0 Å². The van der Waals surface area contributed by atoms with Crippen LogP contribution in [0.25, 0.3) is 5.57 Å². The van der Waals surface area contributed by atoms with E-state index >= 15 is 0 Å². The van der Waals surface area contributed by atoms with E-state index in [4.69, 9.17) is 0 Å². The lowest BCUT2D eigenvalue weighted by Crippen LogP contribution is -2.49. The summed E-state index contributed by atoms with van der Waals surface area (Å²) in [6.07, 6.45) is 14.0. The molecule has 0 bridgehead atoms. The molecule has 93 valence electrons. The predicted octanol–water partition coefficient (Wildman–Crippen LogP) is 2.49. The highest BCUT2D eigenvalue weighted by Crippen LogP contribution is 2.43. The van der Waals surface area contributed by atoms with Gasteiger partial charge in [-0.25, -0.2) is 0 Å². The molecule has 0 amide bonds. The highest BCUT2D eigenvalue weighted by molar-refractivity contribution is 6.57. The lowest BCUT2D eigenvalue weighted by atomic mass is 9.83. The summed E-state index contributed by atoms with van der Waals surface area (Å²) in [5.74, 6) is 0.964. The first-order chi connectivity index (χ1) is 9.19. The minimum absolute atomic E-state index is 0.572. The van der Waals surface area contributed by atoms with Gasteiger partial charge in [-0.05, 0) is 44.0 Å². The van der Waals surface area contributed by atoms with Crippen molar-refractivity contribution in [3.05, 3.63) is 73.5 Å². The van der Waals surface area contributed by atoms with Crippen molar-refractivity contribution in [2.75, 3.05) is 0 Å². The van der Waals surface area contributed by atoms with Crippen molar-refractivity contribution in [1.29, 1.82) is 0 Å². The Morgan fingerprint density at radius 2 is 1.95 bits per heavy atom. The molecule has 2 nitrogen and oxygen atoms in total. The predicted molar refractivity (Wildman–Crippen MR) is 70.6 cm³/mol. The smallest absolute Gasteiger partial charge is 0.396 e. The molecule has 5 heteroatoms. The Morgan fingerprint density at radius 3 is 2.74 bits per heavy atom. The molecule has 0 N–H and O–H groups in total. The molecule has 3 heterocycles. The fraction of sp³-hybridized carbons (Fsp3) is 0. The molecular weight excluding hydrogens is 245 g/mol. The Balaban J connectivity index is 1.97. The molecule has 3 aliphatic rings. The zero-order chi connectivity index (χ0) is 13.0. The largest absolute Gasteiger partial charge is 0.736 e. The van der Waals surface area contributed by atoms with Gasteiger partial charge in [0.05, 0.1) is 0 Å². The summed E-state index contributed by atoms with van der Waals surface area (Å²) in [6, 6.07) is 3.41. The second-order valence-corrected chi connectivity index (χ2v) is 4.74. The van der Waals surface area contributed by atoms with Crippen molar-refractivity contribution in [1.82, 2.24) is 4.48 Å². The molecule has 5 radical (unpaired) electrons. The topological polar surface area (TPSA) is 7.94 Å². The van der Waals surface area contributed by atoms with Crippen molar-refractivity contribution in [3.63, 3.8) is 0 Å². The van der Waals surface area contributed by atoms with Gasteiger partial charge in [0.25, 0.3) is 0 Å². The number of aromatic nitrogens is 1. The highest BCUT2D eigenvalue weighted by Gasteiger charge is 2.52. The SMILES string of the molecule is F[B-]1(F)n2cccc2C([C]2[CH][CH][CH][CH]2)=C2C=CC=[N+]21. The number of fused-ring (bicyclic) bond motifs is 2. The summed E-state index contributed by atoms with van der Waals surface area (Å²) in [5.41, 5.74) is 2.00. The second-order valence-electron chi connectivity index (χ2n) is 4.74. The maximum absolute atomic E-state index is 14.4. The van der Waals surface area contributed by atoms with Crippen LogP contribution in [0, 0.1) is 31.6 Å². The van der Waals surface area contributed by atoms with Gasteiger partial charge >= 0.3 is 6.97 Å². The van der Waals surface area contributed by atoms with Crippen LogP contribution in [0.5, 0.6) is 0 Å². The molecule has 1 saturated carbocycles. The number of nitrogens with zero attached hydrogens (tertiary/aromatic N) is 2. The van der Waals surface area contributed by atoms with Crippen molar-refractivity contribution >= 4 is 18.8 Å². The summed E-state index contributed by atoms with van der Waals surface area (Å²) < 4.78 is 31.1. The van der Waals surface area contributed by atoms with E-state index in [9.17, 15) is 8.63 Å². The van der Waals surface area contributed by atoms with Crippen LogP contribution < -0.4 is 0 Å². The van der Waals surface area contributed by atoms with Gasteiger partial charge < -0.3 is 17.6 Å². The van der Waals surface area contributed by atoms with Gasteiger partial charge in [-0.2, -0.15) is 0 Å². The Morgan fingerprint density at radius 1 is 1.16 bits per heavy atom. The Kier molecular flexibility index (Phi) is 2.17. The van der Waals surface area contributed by atoms with E-state index in [2.05, 4.69) is 0 Å². The average molecular weight is 255 g/mol. The molecule has 0 spiro atoms. The van der Waals surface area contributed by atoms with E-state index in [0.29, 0.717) is 11.4 Å². The second kappa shape index (κ2) is 3.68. The summed E-state index contributed by atoms with van der Waals surface area (Å²) in [4.78, 5) is 0. The maximum Gasteiger partial charge on any atom is 0.736 e. The lowest BCUT2D eigenvalue weighted by Gasteiger charge is -2.32. The van der Waals surface area contributed by atoms with Gasteiger partial charge in [0.15, 0.2) is 5.70 Å². The van der Waals surface area contributed by atoms with Crippen LogP contribution in [-0.2, 0) is 0 Å². The zero-order valence-electron chi connectivity index (χ0n) is 10.0. The molecule has 4 rings (SSSR count). The third-order valence-electron chi connectivity index (χ3n) is 3.69. The molecule has 0 saturated heterocycles. The van der Waals surface area contributed by atoms with E-state index in [0.717, 1.165) is 20.5 Å². The van der Waals surface area contributed by atoms with E-state index in [1.165, 1.54) is 12.4 Å². The van der Waals surface area contributed by atoms with E-state index in [1.807, 2.05) is 25.7 Å². The molecule has 1 fully saturated rings. The summed E-state index contributed by atoms with van der Waals surface area (Å²) in [6.45, 7) is -3.79. The van der Waals surface area contributed by atoms with Crippen molar-refractivity contribution < 1.29 is 13.1 Å². The van der Waals surface area contributed by atoms with Crippen LogP contribution in [0.2, 0.25) is 0 Å². The standard InChI is InChI=1S/C14H10BF2N2/c16-15(17)18-9-3-7-12(18)14(11-5-1-2-6-11)13-8-4-10-19(13)15/h1-10H. The first-order valence-corrected chi connectivity index (χ1v) is 6.15. The Hall–Kier alpha value is -1.65. The third-order valence-corrected chi connectivity index (χ3v) is 3.69. The third kappa shape index (κ3) is 1.38. The molecule has 0 unspecified atom stereocenters. The van der Waals surface area contributed by atoms with Gasteiger partial charge in [-0.15, -0.1) is 0 Å². The van der Waals surface area contributed by atoms with E-state index < -0.39 is 6.97 Å². The van der Waals surface area contributed by atoms with Gasteiger partial charge in [0.1, 0.15) is 6.21 Å². The van der Waals surface area contributed by atoms with Crippen LogP contribution in [0.1, 0.15) is 5.69 Å². The molecule has 19 heavy (non-hydrogen) atoms. The maximum atomic E-state index is 14.4. The minimum Gasteiger partial charge on any atom is -0.396 e. The van der Waals surface area contributed by atoms with Crippen molar-refractivity contribution in [2.24, 2.45) is 0 Å². The van der Waals surface area contributed by atoms with Gasteiger partial charge in [-0.1, -0.05) is 0 Å². The molecule has 1 aromatic rings. The monoisotopic (exact) mass is 255 g/mol. The lowest BCUT2D eigenvalue weighted by molar-refractivity contribution is -0.356. The highest BCUT2D eigenvalue weighted by atomic mass is 19.2. The van der Waals surface area contributed by atoms with E-state index in [-0.39, 0.29) is 0 Å². The van der Waals surface area contributed by atoms with Crippen molar-refractivity contribution in [3.8, 4) is 0 Å². The number of hydrogen-bond acceptors (Lipinski definition) is 0. The zero-order valence-corrected chi connectivity index (χ0v) is 10.0.